The van der Waals surface area contributed by atoms with E-state index in [1.54, 1.807) is 6.92 Å². The molecule has 1 aromatic rings. The van der Waals surface area contributed by atoms with Crippen molar-refractivity contribution in [3.8, 4) is 11.8 Å². The Morgan fingerprint density at radius 1 is 1.38 bits per heavy atom. The second kappa shape index (κ2) is 5.37. The molecule has 0 aliphatic carbocycles. The van der Waals surface area contributed by atoms with Crippen molar-refractivity contribution in [2.24, 2.45) is 0 Å². The van der Waals surface area contributed by atoms with Crippen LogP contribution in [0.25, 0.3) is 0 Å². The molecular weight excluding hydrogens is 200 g/mol. The molecule has 0 aromatic heterocycles. The number of hydrogen-bond acceptors (Lipinski definition) is 1. The smallest absolute Gasteiger partial charge is 0.315 e. The Morgan fingerprint density at radius 3 is 2.44 bits per heavy atom. The van der Waals surface area contributed by atoms with Gasteiger partial charge in [0.05, 0.1) is 0 Å². The quantitative estimate of drug-likeness (QED) is 0.786. The van der Waals surface area contributed by atoms with Crippen LogP contribution in [0.15, 0.2) is 30.3 Å². The van der Waals surface area contributed by atoms with Crippen molar-refractivity contribution >= 4 is 5.97 Å². The zero-order valence-electron chi connectivity index (χ0n) is 9.66. The van der Waals surface area contributed by atoms with Crippen molar-refractivity contribution in [1.29, 1.82) is 0 Å². The normalized spacial score (nSPS) is 13.4. The second-order valence-electron chi connectivity index (χ2n) is 3.71. The van der Waals surface area contributed by atoms with Crippen LogP contribution in [0, 0.1) is 11.8 Å². The van der Waals surface area contributed by atoms with E-state index in [9.17, 15) is 9.90 Å². The highest BCUT2D eigenvalue weighted by molar-refractivity contribution is 5.81. The maximum Gasteiger partial charge on any atom is 0.315 e. The van der Waals surface area contributed by atoms with Gasteiger partial charge in [0.1, 0.15) is 5.41 Å². The Labute approximate surface area is 96.3 Å². The van der Waals surface area contributed by atoms with Gasteiger partial charge in [0.15, 0.2) is 0 Å². The van der Waals surface area contributed by atoms with E-state index in [0.29, 0.717) is 12.8 Å². The first-order chi connectivity index (χ1) is 7.67. The van der Waals surface area contributed by atoms with E-state index < -0.39 is 11.4 Å². The van der Waals surface area contributed by atoms with E-state index in [1.165, 1.54) is 0 Å². The van der Waals surface area contributed by atoms with Crippen LogP contribution in [0.5, 0.6) is 0 Å². The highest BCUT2D eigenvalue weighted by atomic mass is 16.4. The molecule has 16 heavy (non-hydrogen) atoms. The molecule has 0 aliphatic rings. The summed E-state index contributed by atoms with van der Waals surface area (Å²) in [5.74, 6) is 4.86. The zero-order chi connectivity index (χ0) is 12.0. The molecule has 0 amide bonds. The molecule has 1 atom stereocenters. The van der Waals surface area contributed by atoms with Crippen LogP contribution in [0.1, 0.15) is 32.3 Å². The third kappa shape index (κ3) is 2.25. The van der Waals surface area contributed by atoms with Gasteiger partial charge in [0.25, 0.3) is 0 Å². The Bertz CT molecular complexity index is 411. The minimum absolute atomic E-state index is 0.360. The molecule has 0 spiro atoms. The summed E-state index contributed by atoms with van der Waals surface area (Å²) in [4.78, 5) is 11.5. The second-order valence-corrected chi connectivity index (χ2v) is 3.71. The van der Waals surface area contributed by atoms with Gasteiger partial charge in [-0.2, -0.15) is 0 Å². The molecule has 0 fully saturated rings. The number of hydrogen-bond donors (Lipinski definition) is 1. The largest absolute Gasteiger partial charge is 0.481 e. The van der Waals surface area contributed by atoms with Gasteiger partial charge >= 0.3 is 5.97 Å². The van der Waals surface area contributed by atoms with Crippen molar-refractivity contribution in [2.45, 2.75) is 32.1 Å². The predicted octanol–water partition coefficient (Wildman–Crippen LogP) is 2.83. The fourth-order valence-corrected chi connectivity index (χ4v) is 1.78. The van der Waals surface area contributed by atoms with E-state index in [1.807, 2.05) is 37.3 Å². The maximum absolute atomic E-state index is 11.5. The average molecular weight is 216 g/mol. The first-order valence-corrected chi connectivity index (χ1v) is 5.36. The van der Waals surface area contributed by atoms with Gasteiger partial charge in [-0.3, -0.25) is 4.79 Å². The van der Waals surface area contributed by atoms with Crippen LogP contribution in [0.3, 0.4) is 0 Å². The van der Waals surface area contributed by atoms with Gasteiger partial charge in [-0.1, -0.05) is 37.3 Å². The third-order valence-electron chi connectivity index (χ3n) is 2.91. The van der Waals surface area contributed by atoms with Crippen molar-refractivity contribution in [3.05, 3.63) is 35.9 Å². The van der Waals surface area contributed by atoms with Crippen LogP contribution >= 0.6 is 0 Å². The molecule has 1 aromatic carbocycles. The van der Waals surface area contributed by atoms with E-state index in [2.05, 4.69) is 11.8 Å². The van der Waals surface area contributed by atoms with Crippen LogP contribution in [0.4, 0.5) is 0 Å². The molecule has 1 N–H and O–H groups in total. The molecule has 0 bridgehead atoms. The number of rotatable bonds is 4. The molecule has 0 aliphatic heterocycles. The highest BCUT2D eigenvalue weighted by Gasteiger charge is 2.37. The number of carboxylic acids is 1. The van der Waals surface area contributed by atoms with Gasteiger partial charge in [-0.25, -0.2) is 0 Å². The molecule has 2 heteroatoms. The van der Waals surface area contributed by atoms with Crippen molar-refractivity contribution in [1.82, 2.24) is 0 Å². The summed E-state index contributed by atoms with van der Waals surface area (Å²) in [6.45, 7) is 3.62. The summed E-state index contributed by atoms with van der Waals surface area (Å²) in [5, 5.41) is 9.44. The molecule has 1 rings (SSSR count). The standard InChI is InChI=1S/C14H16O2/c1-3-5-11-14(4-2,13(15)16)12-9-7-6-8-10-12/h6-10H,4,11H2,1-2H3,(H,15,16). The van der Waals surface area contributed by atoms with Gasteiger partial charge in [-0.05, 0) is 18.9 Å². The van der Waals surface area contributed by atoms with Gasteiger partial charge in [-0.15, -0.1) is 11.8 Å². The van der Waals surface area contributed by atoms with Gasteiger partial charge in [0, 0.05) is 6.42 Å². The summed E-state index contributed by atoms with van der Waals surface area (Å²) < 4.78 is 0. The van der Waals surface area contributed by atoms with E-state index >= 15 is 0 Å². The van der Waals surface area contributed by atoms with E-state index in [4.69, 9.17) is 0 Å². The number of aliphatic carboxylic acids is 1. The highest BCUT2D eigenvalue weighted by Crippen LogP contribution is 2.31. The molecule has 0 saturated heterocycles. The molecular formula is C14H16O2. The van der Waals surface area contributed by atoms with Crippen molar-refractivity contribution in [2.75, 3.05) is 0 Å². The zero-order valence-corrected chi connectivity index (χ0v) is 9.66. The molecule has 0 heterocycles. The topological polar surface area (TPSA) is 37.3 Å². The molecule has 84 valence electrons. The predicted molar refractivity (Wildman–Crippen MR) is 64.1 cm³/mol. The number of benzene rings is 1. The first kappa shape index (κ1) is 12.3. The third-order valence-corrected chi connectivity index (χ3v) is 2.91. The Kier molecular flexibility index (Phi) is 4.13. The van der Waals surface area contributed by atoms with Gasteiger partial charge in [0.2, 0.25) is 0 Å². The fourth-order valence-electron chi connectivity index (χ4n) is 1.78. The summed E-state index contributed by atoms with van der Waals surface area (Å²) >= 11 is 0. The number of carboxylic acid groups (broad SMARTS) is 1. The summed E-state index contributed by atoms with van der Waals surface area (Å²) in [7, 11) is 0. The fraction of sp³-hybridized carbons (Fsp3) is 0.357. The van der Waals surface area contributed by atoms with Gasteiger partial charge < -0.3 is 5.11 Å². The maximum atomic E-state index is 11.5. The SMILES string of the molecule is CC#CCC(CC)(C(=O)O)c1ccccc1. The van der Waals surface area contributed by atoms with Crippen LogP contribution in [-0.4, -0.2) is 11.1 Å². The molecule has 0 radical (unpaired) electrons. The monoisotopic (exact) mass is 216 g/mol. The lowest BCUT2D eigenvalue weighted by Gasteiger charge is -2.26. The Balaban J connectivity index is 3.21. The Morgan fingerprint density at radius 2 is 2.00 bits per heavy atom. The van der Waals surface area contributed by atoms with Crippen molar-refractivity contribution < 1.29 is 9.90 Å². The van der Waals surface area contributed by atoms with Crippen molar-refractivity contribution in [3.63, 3.8) is 0 Å². The lowest BCUT2D eigenvalue weighted by molar-refractivity contribution is -0.143. The summed E-state index contributed by atoms with van der Waals surface area (Å²) in [5.41, 5.74) is -0.0441. The molecule has 1 unspecified atom stereocenters. The molecule has 0 saturated carbocycles. The first-order valence-electron chi connectivity index (χ1n) is 5.36. The van der Waals surface area contributed by atoms with E-state index in [0.717, 1.165) is 5.56 Å². The average Bonchev–Trinajstić information content (AvgIpc) is 2.31. The summed E-state index contributed by atoms with van der Waals surface area (Å²) in [6, 6.07) is 9.32. The minimum Gasteiger partial charge on any atom is -0.481 e. The molecule has 2 nitrogen and oxygen atoms in total. The number of carbonyl (C=O) groups is 1. The lowest BCUT2D eigenvalue weighted by Crippen LogP contribution is -2.34. The Hall–Kier alpha value is -1.75. The van der Waals surface area contributed by atoms with Crippen LogP contribution in [0.2, 0.25) is 0 Å². The minimum atomic E-state index is -0.871. The van der Waals surface area contributed by atoms with Crippen LogP contribution in [-0.2, 0) is 10.2 Å². The lowest BCUT2D eigenvalue weighted by atomic mass is 9.75. The van der Waals surface area contributed by atoms with E-state index in [-0.39, 0.29) is 0 Å². The van der Waals surface area contributed by atoms with Crippen LogP contribution < -0.4 is 0 Å². The summed E-state index contributed by atoms with van der Waals surface area (Å²) in [6.07, 6.45) is 0.903.